The minimum atomic E-state index is 0.157. The van der Waals surface area contributed by atoms with E-state index in [1.807, 2.05) is 11.7 Å². The van der Waals surface area contributed by atoms with Crippen LogP contribution in [0.3, 0.4) is 0 Å². The summed E-state index contributed by atoms with van der Waals surface area (Å²) in [4.78, 5) is 0. The molecular weight excluding hydrogens is 174 g/mol. The molecule has 0 aromatic carbocycles. The molecular formula is C11H19N3. The van der Waals surface area contributed by atoms with Crippen LogP contribution in [0.4, 0.5) is 0 Å². The predicted molar refractivity (Wildman–Crippen MR) is 57.1 cm³/mol. The zero-order valence-corrected chi connectivity index (χ0v) is 9.08. The van der Waals surface area contributed by atoms with Crippen molar-refractivity contribution >= 4 is 0 Å². The van der Waals surface area contributed by atoms with Gasteiger partial charge in [0.05, 0.1) is 5.69 Å². The number of rotatable bonds is 4. The monoisotopic (exact) mass is 193 g/mol. The van der Waals surface area contributed by atoms with Crippen molar-refractivity contribution in [3.05, 3.63) is 17.5 Å². The Kier molecular flexibility index (Phi) is 2.35. The molecule has 3 heteroatoms. The second-order valence-electron chi connectivity index (χ2n) is 4.47. The van der Waals surface area contributed by atoms with Crippen LogP contribution in [0.15, 0.2) is 6.07 Å². The normalized spacial score (nSPS) is 18.5. The third-order valence-electron chi connectivity index (χ3n) is 3.16. The van der Waals surface area contributed by atoms with Crippen molar-refractivity contribution in [1.29, 1.82) is 0 Å². The van der Waals surface area contributed by atoms with E-state index < -0.39 is 0 Å². The highest BCUT2D eigenvalue weighted by atomic mass is 15.3. The maximum Gasteiger partial charge on any atom is 0.0628 e. The Morgan fingerprint density at radius 1 is 1.57 bits per heavy atom. The van der Waals surface area contributed by atoms with Gasteiger partial charge < -0.3 is 5.73 Å². The maximum absolute atomic E-state index is 6.04. The molecule has 1 aliphatic carbocycles. The van der Waals surface area contributed by atoms with Crippen LogP contribution in [0.2, 0.25) is 0 Å². The molecule has 1 heterocycles. The van der Waals surface area contributed by atoms with Crippen LogP contribution < -0.4 is 5.73 Å². The fraction of sp³-hybridized carbons (Fsp3) is 0.727. The van der Waals surface area contributed by atoms with Crippen molar-refractivity contribution in [1.82, 2.24) is 9.78 Å². The number of hydrogen-bond acceptors (Lipinski definition) is 2. The van der Waals surface area contributed by atoms with Crippen LogP contribution >= 0.6 is 0 Å². The van der Waals surface area contributed by atoms with E-state index in [0.29, 0.717) is 0 Å². The molecule has 14 heavy (non-hydrogen) atoms. The Morgan fingerprint density at radius 2 is 2.29 bits per heavy atom. The summed E-state index contributed by atoms with van der Waals surface area (Å²) in [5, 5.41) is 4.47. The molecule has 0 aliphatic heterocycles. The summed E-state index contributed by atoms with van der Waals surface area (Å²) >= 11 is 0. The number of aryl methyl sites for hydroxylation is 3. The number of hydrogen-bond donors (Lipinski definition) is 1. The number of nitrogens with zero attached hydrogens (tertiary/aromatic N) is 2. The smallest absolute Gasteiger partial charge is 0.0628 e. The summed E-state index contributed by atoms with van der Waals surface area (Å²) in [5.74, 6) is 0. The fourth-order valence-electron chi connectivity index (χ4n) is 1.81. The molecule has 0 bridgehead atoms. The molecule has 0 atom stereocenters. The van der Waals surface area contributed by atoms with E-state index in [4.69, 9.17) is 5.73 Å². The molecule has 3 nitrogen and oxygen atoms in total. The summed E-state index contributed by atoms with van der Waals surface area (Å²) in [6.07, 6.45) is 5.57. The molecule has 0 unspecified atom stereocenters. The van der Waals surface area contributed by atoms with E-state index >= 15 is 0 Å². The van der Waals surface area contributed by atoms with Crippen molar-refractivity contribution in [2.75, 3.05) is 0 Å². The van der Waals surface area contributed by atoms with E-state index in [1.165, 1.54) is 24.2 Å². The first-order valence-electron chi connectivity index (χ1n) is 5.44. The van der Waals surface area contributed by atoms with Crippen molar-refractivity contribution in [2.45, 2.75) is 44.6 Å². The first-order chi connectivity index (χ1) is 6.63. The lowest BCUT2D eigenvalue weighted by atomic mass is 10.1. The Hall–Kier alpha value is -0.830. The van der Waals surface area contributed by atoms with Gasteiger partial charge in [0, 0.05) is 18.3 Å². The Balaban J connectivity index is 1.95. The van der Waals surface area contributed by atoms with Gasteiger partial charge in [0.2, 0.25) is 0 Å². The molecule has 1 saturated carbocycles. The molecule has 0 amide bonds. The maximum atomic E-state index is 6.04. The lowest BCUT2D eigenvalue weighted by Gasteiger charge is -2.04. The average molecular weight is 193 g/mol. The van der Waals surface area contributed by atoms with Gasteiger partial charge in [0.25, 0.3) is 0 Å². The standard InChI is InChI=1S/C11H19N3/c1-3-10-8-9(13-14(10)2)4-5-11(12)6-7-11/h8H,3-7,12H2,1-2H3. The molecule has 1 aromatic rings. The van der Waals surface area contributed by atoms with Crippen LogP contribution in [0.5, 0.6) is 0 Å². The highest BCUT2D eigenvalue weighted by Crippen LogP contribution is 2.36. The van der Waals surface area contributed by atoms with Gasteiger partial charge in [0.15, 0.2) is 0 Å². The Bertz CT molecular complexity index is 323. The summed E-state index contributed by atoms with van der Waals surface area (Å²) in [5.41, 5.74) is 8.70. The molecule has 0 saturated heterocycles. The second kappa shape index (κ2) is 3.39. The molecule has 1 aliphatic rings. The summed E-state index contributed by atoms with van der Waals surface area (Å²) < 4.78 is 1.98. The molecule has 2 rings (SSSR count). The zero-order chi connectivity index (χ0) is 10.2. The summed E-state index contributed by atoms with van der Waals surface area (Å²) in [6, 6.07) is 2.20. The van der Waals surface area contributed by atoms with Crippen molar-refractivity contribution in [3.63, 3.8) is 0 Å². The van der Waals surface area contributed by atoms with Gasteiger partial charge in [-0.1, -0.05) is 6.92 Å². The first-order valence-corrected chi connectivity index (χ1v) is 5.44. The van der Waals surface area contributed by atoms with Crippen LogP contribution in [0, 0.1) is 0 Å². The van der Waals surface area contributed by atoms with Crippen LogP contribution in [0.1, 0.15) is 37.6 Å². The topological polar surface area (TPSA) is 43.8 Å². The average Bonchev–Trinajstić information content (AvgIpc) is 2.77. The largest absolute Gasteiger partial charge is 0.325 e. The van der Waals surface area contributed by atoms with E-state index in [9.17, 15) is 0 Å². The molecule has 2 N–H and O–H groups in total. The van der Waals surface area contributed by atoms with Gasteiger partial charge in [-0.2, -0.15) is 5.10 Å². The Labute approximate surface area is 85.3 Å². The van der Waals surface area contributed by atoms with Crippen molar-refractivity contribution < 1.29 is 0 Å². The second-order valence-corrected chi connectivity index (χ2v) is 4.47. The van der Waals surface area contributed by atoms with Crippen molar-refractivity contribution in [2.24, 2.45) is 12.8 Å². The highest BCUT2D eigenvalue weighted by molar-refractivity contribution is 5.12. The van der Waals surface area contributed by atoms with Crippen LogP contribution in [-0.4, -0.2) is 15.3 Å². The van der Waals surface area contributed by atoms with Gasteiger partial charge in [-0.25, -0.2) is 0 Å². The molecule has 1 fully saturated rings. The highest BCUT2D eigenvalue weighted by Gasteiger charge is 2.37. The predicted octanol–water partition coefficient (Wildman–Crippen LogP) is 1.41. The van der Waals surface area contributed by atoms with Crippen LogP contribution in [-0.2, 0) is 19.9 Å². The summed E-state index contributed by atoms with van der Waals surface area (Å²) in [6.45, 7) is 2.16. The van der Waals surface area contributed by atoms with Gasteiger partial charge >= 0.3 is 0 Å². The summed E-state index contributed by atoms with van der Waals surface area (Å²) in [7, 11) is 2.01. The quantitative estimate of drug-likeness (QED) is 0.785. The van der Waals surface area contributed by atoms with Gasteiger partial charge in [-0.3, -0.25) is 4.68 Å². The lowest BCUT2D eigenvalue weighted by molar-refractivity contribution is 0.595. The molecule has 1 aromatic heterocycles. The van der Waals surface area contributed by atoms with E-state index in [2.05, 4.69) is 18.1 Å². The minimum Gasteiger partial charge on any atom is -0.325 e. The van der Waals surface area contributed by atoms with E-state index in [1.54, 1.807) is 0 Å². The van der Waals surface area contributed by atoms with Crippen molar-refractivity contribution in [3.8, 4) is 0 Å². The third kappa shape index (κ3) is 1.98. The number of aromatic nitrogens is 2. The van der Waals surface area contributed by atoms with Crippen LogP contribution in [0.25, 0.3) is 0 Å². The SMILES string of the molecule is CCc1cc(CCC2(N)CC2)nn1C. The van der Waals surface area contributed by atoms with E-state index in [0.717, 1.165) is 19.3 Å². The molecule has 78 valence electrons. The fourth-order valence-corrected chi connectivity index (χ4v) is 1.81. The van der Waals surface area contributed by atoms with Gasteiger partial charge in [-0.15, -0.1) is 0 Å². The Morgan fingerprint density at radius 3 is 2.79 bits per heavy atom. The number of nitrogens with two attached hydrogens (primary N) is 1. The zero-order valence-electron chi connectivity index (χ0n) is 9.08. The van der Waals surface area contributed by atoms with Gasteiger partial charge in [-0.05, 0) is 38.2 Å². The molecule has 0 radical (unpaired) electrons. The minimum absolute atomic E-state index is 0.157. The van der Waals surface area contributed by atoms with E-state index in [-0.39, 0.29) is 5.54 Å². The lowest BCUT2D eigenvalue weighted by Crippen LogP contribution is -2.22. The molecule has 0 spiro atoms. The first kappa shape index (κ1) is 9.71. The van der Waals surface area contributed by atoms with Gasteiger partial charge in [0.1, 0.15) is 0 Å². The third-order valence-corrected chi connectivity index (χ3v) is 3.16.